The van der Waals surface area contributed by atoms with Crippen molar-refractivity contribution in [3.63, 3.8) is 0 Å². The van der Waals surface area contributed by atoms with Gasteiger partial charge in [0.25, 0.3) is 0 Å². The van der Waals surface area contributed by atoms with Crippen LogP contribution in [-0.4, -0.2) is 39.0 Å². The van der Waals surface area contributed by atoms with E-state index in [4.69, 9.17) is 9.84 Å². The van der Waals surface area contributed by atoms with Gasteiger partial charge >= 0.3 is 11.7 Å². The molecule has 0 atom stereocenters. The van der Waals surface area contributed by atoms with Crippen LogP contribution in [0.25, 0.3) is 0 Å². The number of carbonyl (C=O) groups is 1. The summed E-state index contributed by atoms with van der Waals surface area (Å²) in [5.41, 5.74) is -0.981. The summed E-state index contributed by atoms with van der Waals surface area (Å²) in [5, 5.41) is 23.3. The first-order valence-electron chi connectivity index (χ1n) is 5.14. The maximum Gasteiger partial charge on any atom is 0.363 e. The van der Waals surface area contributed by atoms with Crippen molar-refractivity contribution in [3.8, 4) is 0 Å². The van der Waals surface area contributed by atoms with Crippen molar-refractivity contribution in [2.24, 2.45) is 0 Å². The molecule has 1 N–H and O–H groups in total. The Kier molecular flexibility index (Phi) is 3.05. The Morgan fingerprint density at radius 2 is 2.24 bits per heavy atom. The van der Waals surface area contributed by atoms with Crippen LogP contribution in [0.1, 0.15) is 29.4 Å². The fourth-order valence-electron chi connectivity index (χ4n) is 1.80. The number of carboxylic acid groups (broad SMARTS) is 1. The van der Waals surface area contributed by atoms with Crippen LogP contribution >= 0.6 is 0 Å². The monoisotopic (exact) mass is 241 g/mol. The first kappa shape index (κ1) is 11.5. The predicted molar refractivity (Wildman–Crippen MR) is 54.9 cm³/mol. The van der Waals surface area contributed by atoms with Crippen LogP contribution in [-0.2, 0) is 4.74 Å². The van der Waals surface area contributed by atoms with Gasteiger partial charge in [0.05, 0.1) is 11.0 Å². The van der Waals surface area contributed by atoms with E-state index < -0.39 is 22.3 Å². The van der Waals surface area contributed by atoms with Gasteiger partial charge in [0.15, 0.2) is 0 Å². The maximum absolute atomic E-state index is 10.8. The van der Waals surface area contributed by atoms with Crippen LogP contribution in [0.2, 0.25) is 0 Å². The Hall–Kier alpha value is -1.96. The zero-order valence-corrected chi connectivity index (χ0v) is 8.90. The molecule has 8 nitrogen and oxygen atoms in total. The minimum atomic E-state index is -1.39. The quantitative estimate of drug-likeness (QED) is 0.620. The summed E-state index contributed by atoms with van der Waals surface area (Å²) >= 11 is 0. The molecule has 1 aliphatic rings. The summed E-state index contributed by atoms with van der Waals surface area (Å²) in [5.74, 6) is -1.39. The van der Waals surface area contributed by atoms with E-state index in [0.29, 0.717) is 26.1 Å². The molecule has 17 heavy (non-hydrogen) atoms. The molecule has 2 rings (SSSR count). The second-order valence-electron chi connectivity index (χ2n) is 3.75. The van der Waals surface area contributed by atoms with Gasteiger partial charge in [-0.15, -0.1) is 0 Å². The lowest BCUT2D eigenvalue weighted by Crippen LogP contribution is -2.20. The van der Waals surface area contributed by atoms with Gasteiger partial charge in [-0.25, -0.2) is 4.79 Å². The van der Waals surface area contributed by atoms with E-state index in [1.807, 2.05) is 0 Å². The molecule has 1 aliphatic heterocycles. The van der Waals surface area contributed by atoms with Gasteiger partial charge in [0, 0.05) is 13.2 Å². The van der Waals surface area contributed by atoms with Crippen molar-refractivity contribution in [1.29, 1.82) is 0 Å². The minimum absolute atomic E-state index is 0.0319. The molecule has 1 aromatic heterocycles. The number of hydrogen-bond donors (Lipinski definition) is 1. The highest BCUT2D eigenvalue weighted by atomic mass is 16.6. The maximum atomic E-state index is 10.8. The topological polar surface area (TPSA) is 107 Å². The molecule has 0 bridgehead atoms. The van der Waals surface area contributed by atoms with Gasteiger partial charge in [0.1, 0.15) is 6.20 Å². The molecule has 92 valence electrons. The van der Waals surface area contributed by atoms with E-state index >= 15 is 0 Å². The molecule has 0 spiro atoms. The standard InChI is InChI=1S/C9H11N3O5/c13-9(14)8-7(12(15)16)5-11(10-8)6-1-3-17-4-2-6/h5-6H,1-4H2,(H,13,14). The lowest BCUT2D eigenvalue weighted by molar-refractivity contribution is -0.385. The molecule has 0 unspecified atom stereocenters. The van der Waals surface area contributed by atoms with Gasteiger partial charge in [-0.3, -0.25) is 14.8 Å². The Bertz CT molecular complexity index is 418. The number of rotatable bonds is 3. The third-order valence-corrected chi connectivity index (χ3v) is 2.68. The summed E-state index contributed by atoms with van der Waals surface area (Å²) in [4.78, 5) is 20.8. The van der Waals surface area contributed by atoms with Crippen LogP contribution in [0.5, 0.6) is 0 Å². The molecular formula is C9H11N3O5. The Morgan fingerprint density at radius 1 is 1.59 bits per heavy atom. The van der Waals surface area contributed by atoms with Crippen molar-refractivity contribution >= 4 is 11.7 Å². The van der Waals surface area contributed by atoms with Gasteiger partial charge in [0.2, 0.25) is 5.69 Å². The minimum Gasteiger partial charge on any atom is -0.476 e. The Labute approximate surface area is 95.9 Å². The molecule has 0 amide bonds. The summed E-state index contributed by atoms with van der Waals surface area (Å²) in [6.07, 6.45) is 2.54. The van der Waals surface area contributed by atoms with Crippen LogP contribution in [0.4, 0.5) is 5.69 Å². The van der Waals surface area contributed by atoms with Crippen LogP contribution < -0.4 is 0 Å². The molecule has 1 aromatic rings. The number of nitrogens with zero attached hydrogens (tertiary/aromatic N) is 3. The normalized spacial score (nSPS) is 16.9. The zero-order chi connectivity index (χ0) is 12.4. The van der Waals surface area contributed by atoms with E-state index in [1.54, 1.807) is 0 Å². The predicted octanol–water partition coefficient (Wildman–Crippen LogP) is 0.841. The van der Waals surface area contributed by atoms with Crippen molar-refractivity contribution < 1.29 is 19.6 Å². The average molecular weight is 241 g/mol. The first-order valence-corrected chi connectivity index (χ1v) is 5.14. The fourth-order valence-corrected chi connectivity index (χ4v) is 1.80. The van der Waals surface area contributed by atoms with Crippen molar-refractivity contribution in [3.05, 3.63) is 22.0 Å². The summed E-state index contributed by atoms with van der Waals surface area (Å²) in [6, 6.07) is -0.0319. The lowest BCUT2D eigenvalue weighted by atomic mass is 10.1. The molecular weight excluding hydrogens is 230 g/mol. The molecule has 1 saturated heterocycles. The molecule has 2 heterocycles. The largest absolute Gasteiger partial charge is 0.476 e. The molecule has 1 fully saturated rings. The number of hydrogen-bond acceptors (Lipinski definition) is 5. The van der Waals surface area contributed by atoms with E-state index in [9.17, 15) is 14.9 Å². The highest BCUT2D eigenvalue weighted by molar-refractivity contribution is 5.89. The number of nitro groups is 1. The second kappa shape index (κ2) is 4.50. The lowest BCUT2D eigenvalue weighted by Gasteiger charge is -2.21. The number of aromatic nitrogens is 2. The highest BCUT2D eigenvalue weighted by Crippen LogP contribution is 2.24. The molecule has 0 aliphatic carbocycles. The van der Waals surface area contributed by atoms with Gasteiger partial charge in [-0.05, 0) is 12.8 Å². The fraction of sp³-hybridized carbons (Fsp3) is 0.556. The number of carboxylic acids is 1. The molecule has 8 heteroatoms. The Morgan fingerprint density at radius 3 is 2.71 bits per heavy atom. The summed E-state index contributed by atoms with van der Waals surface area (Å²) in [7, 11) is 0. The number of aromatic carboxylic acids is 1. The zero-order valence-electron chi connectivity index (χ0n) is 8.90. The molecule has 0 saturated carbocycles. The van der Waals surface area contributed by atoms with Crippen molar-refractivity contribution in [1.82, 2.24) is 9.78 Å². The average Bonchev–Trinajstić information content (AvgIpc) is 2.75. The highest BCUT2D eigenvalue weighted by Gasteiger charge is 2.28. The SMILES string of the molecule is O=C(O)c1nn(C2CCOCC2)cc1[N+](=O)[O-]. The number of ether oxygens (including phenoxy) is 1. The van der Waals surface area contributed by atoms with Crippen LogP contribution in [0.3, 0.4) is 0 Å². The van der Waals surface area contributed by atoms with Gasteiger partial charge in [-0.1, -0.05) is 0 Å². The van der Waals surface area contributed by atoms with Gasteiger partial charge in [-0.2, -0.15) is 5.10 Å². The Balaban J connectivity index is 2.32. The van der Waals surface area contributed by atoms with E-state index in [-0.39, 0.29) is 6.04 Å². The second-order valence-corrected chi connectivity index (χ2v) is 3.75. The van der Waals surface area contributed by atoms with Crippen molar-refractivity contribution in [2.45, 2.75) is 18.9 Å². The van der Waals surface area contributed by atoms with E-state index in [1.165, 1.54) is 10.9 Å². The third kappa shape index (κ3) is 2.26. The smallest absolute Gasteiger partial charge is 0.363 e. The first-order chi connectivity index (χ1) is 8.09. The summed E-state index contributed by atoms with van der Waals surface area (Å²) < 4.78 is 6.53. The van der Waals surface area contributed by atoms with Crippen LogP contribution in [0.15, 0.2) is 6.20 Å². The van der Waals surface area contributed by atoms with Crippen molar-refractivity contribution in [2.75, 3.05) is 13.2 Å². The van der Waals surface area contributed by atoms with E-state index in [0.717, 1.165) is 0 Å². The van der Waals surface area contributed by atoms with Gasteiger partial charge < -0.3 is 9.84 Å². The molecule has 0 radical (unpaired) electrons. The summed E-state index contributed by atoms with van der Waals surface area (Å²) in [6.45, 7) is 1.11. The van der Waals surface area contributed by atoms with Crippen LogP contribution in [0, 0.1) is 10.1 Å². The molecule has 0 aromatic carbocycles. The third-order valence-electron chi connectivity index (χ3n) is 2.68. The van der Waals surface area contributed by atoms with E-state index in [2.05, 4.69) is 5.10 Å².